The van der Waals surface area contributed by atoms with E-state index in [1.54, 1.807) is 6.92 Å². The molecule has 0 N–H and O–H groups in total. The van der Waals surface area contributed by atoms with Crippen LogP contribution in [-0.2, 0) is 14.3 Å². The van der Waals surface area contributed by atoms with Gasteiger partial charge in [-0.2, -0.15) is 0 Å². The molecule has 3 nitrogen and oxygen atoms in total. The fraction of sp³-hybridized carbons (Fsp3) is 0.500. The topological polar surface area (TPSA) is 43.4 Å². The summed E-state index contributed by atoms with van der Waals surface area (Å²) < 4.78 is 3.87. The first-order valence-electron chi connectivity index (χ1n) is 1.94. The van der Waals surface area contributed by atoms with Gasteiger partial charge in [0.25, 0.3) is 0 Å². The Kier molecular flexibility index (Phi) is 24.3. The first-order valence-corrected chi connectivity index (χ1v) is 1.94. The minimum atomic E-state index is -0.491. The molecule has 0 spiro atoms. The Morgan fingerprint density at radius 1 is 1.67 bits per heavy atom. The number of rotatable bonds is 2. The van der Waals surface area contributed by atoms with Crippen LogP contribution in [0.1, 0.15) is 13.3 Å². The van der Waals surface area contributed by atoms with E-state index >= 15 is 0 Å². The Balaban J connectivity index is -0.000000180. The number of carbonyl (C=O) groups excluding carboxylic acids is 2. The van der Waals surface area contributed by atoms with Crippen molar-refractivity contribution in [2.75, 3.05) is 0 Å². The van der Waals surface area contributed by atoms with Crippen LogP contribution in [0.5, 0.6) is 0 Å². The van der Waals surface area contributed by atoms with Crippen molar-refractivity contribution in [3.8, 4) is 0 Å². The van der Waals surface area contributed by atoms with Gasteiger partial charge in [-0.3, -0.25) is 9.59 Å². The third kappa shape index (κ3) is 13.1. The quantitative estimate of drug-likeness (QED) is 0.228. The molecule has 0 aliphatic rings. The molecule has 0 rings (SSSR count). The van der Waals surface area contributed by atoms with Gasteiger partial charge in [0, 0.05) is 6.42 Å². The Morgan fingerprint density at radius 2 is 2.11 bits per heavy atom. The van der Waals surface area contributed by atoms with E-state index in [4.69, 9.17) is 0 Å². The standard InChI is InChI=1S/C4H6O3.Ca.K.3H/c1-2-4(6)7-3-5;;;;;/h3H,2H2,1H3;;;;;. The average molecular weight is 184 g/mol. The van der Waals surface area contributed by atoms with Crippen LogP contribution in [0.3, 0.4) is 0 Å². The van der Waals surface area contributed by atoms with Crippen LogP contribution >= 0.6 is 0 Å². The first-order chi connectivity index (χ1) is 3.31. The Labute approximate surface area is 126 Å². The summed E-state index contributed by atoms with van der Waals surface area (Å²) in [7, 11) is 0. The second kappa shape index (κ2) is 12.7. The first kappa shape index (κ1) is 17.2. The van der Waals surface area contributed by atoms with Gasteiger partial charge in [0.05, 0.1) is 0 Å². The van der Waals surface area contributed by atoms with Crippen molar-refractivity contribution in [1.29, 1.82) is 0 Å². The summed E-state index contributed by atoms with van der Waals surface area (Å²) in [6.07, 6.45) is 0.249. The molecule has 9 heavy (non-hydrogen) atoms. The molecule has 0 aromatic rings. The van der Waals surface area contributed by atoms with Crippen LogP contribution in [0, 0.1) is 0 Å². The van der Waals surface area contributed by atoms with Crippen molar-refractivity contribution in [1.82, 2.24) is 0 Å². The van der Waals surface area contributed by atoms with Gasteiger partial charge in [0.15, 0.2) is 0 Å². The van der Waals surface area contributed by atoms with Gasteiger partial charge in [-0.25, -0.2) is 0 Å². The van der Waals surface area contributed by atoms with Crippen LogP contribution in [0.15, 0.2) is 0 Å². The van der Waals surface area contributed by atoms with Crippen molar-refractivity contribution in [3.05, 3.63) is 0 Å². The Morgan fingerprint density at radius 3 is 2.22 bits per heavy atom. The number of hydrogen-bond acceptors (Lipinski definition) is 3. The molecule has 5 heteroatoms. The van der Waals surface area contributed by atoms with Gasteiger partial charge in [0.1, 0.15) is 0 Å². The van der Waals surface area contributed by atoms with E-state index < -0.39 is 5.97 Å². The maximum atomic E-state index is 9.96. The van der Waals surface area contributed by atoms with Gasteiger partial charge in [-0.1, -0.05) is 6.92 Å². The third-order valence-electron chi connectivity index (χ3n) is 0.468. The van der Waals surface area contributed by atoms with Gasteiger partial charge in [0.2, 0.25) is 0 Å². The molecule has 0 amide bonds. The molecule has 0 aliphatic carbocycles. The summed E-state index contributed by atoms with van der Waals surface area (Å²) >= 11 is 0. The van der Waals surface area contributed by atoms with E-state index in [9.17, 15) is 9.59 Å². The van der Waals surface area contributed by atoms with E-state index in [-0.39, 0.29) is 102 Å². The van der Waals surface area contributed by atoms with E-state index in [1.807, 2.05) is 0 Å². The Hall–Kier alpha value is 2.04. The van der Waals surface area contributed by atoms with Crippen molar-refractivity contribution in [3.63, 3.8) is 0 Å². The zero-order chi connectivity index (χ0) is 5.70. The fourth-order valence-electron chi connectivity index (χ4n) is 0.137. The van der Waals surface area contributed by atoms with Crippen LogP contribution < -0.4 is 0 Å². The summed E-state index contributed by atoms with van der Waals surface area (Å²) in [5, 5.41) is 0. The molecule has 0 fully saturated rings. The van der Waals surface area contributed by atoms with Crippen molar-refractivity contribution in [2.45, 2.75) is 13.3 Å². The number of carbonyl (C=O) groups is 2. The summed E-state index contributed by atoms with van der Waals surface area (Å²) in [4.78, 5) is 19.3. The predicted molar refractivity (Wildman–Crippen MR) is 38.1 cm³/mol. The monoisotopic (exact) mass is 184 g/mol. The molecule has 0 unspecified atom stereocenters. The van der Waals surface area contributed by atoms with Gasteiger partial charge < -0.3 is 4.74 Å². The molecule has 0 saturated heterocycles. The molecule has 0 aromatic heterocycles. The van der Waals surface area contributed by atoms with Gasteiger partial charge in [-0.05, 0) is 0 Å². The van der Waals surface area contributed by atoms with E-state index in [2.05, 4.69) is 4.74 Å². The molecule has 0 saturated carbocycles. The number of esters is 1. The molecule has 0 aromatic carbocycles. The predicted octanol–water partition coefficient (Wildman–Crippen LogP) is -1.47. The van der Waals surface area contributed by atoms with Crippen LogP contribution in [0.4, 0.5) is 0 Å². The summed E-state index contributed by atoms with van der Waals surface area (Å²) in [6, 6.07) is 0. The summed E-state index contributed by atoms with van der Waals surface area (Å²) in [6.45, 7) is 1.75. The average Bonchev–Trinajstić information content (AvgIpc) is 1.68. The van der Waals surface area contributed by atoms with E-state index in [0.29, 0.717) is 0 Å². The number of hydrogen-bond donors (Lipinski definition) is 0. The molecule has 0 bridgehead atoms. The maximum absolute atomic E-state index is 9.96. The van der Waals surface area contributed by atoms with Crippen LogP contribution in [-0.4, -0.2) is 102 Å². The molecule has 0 aliphatic heterocycles. The Bertz CT molecular complexity index is 85.9. The van der Waals surface area contributed by atoms with E-state index in [1.165, 1.54) is 0 Å². The second-order valence-electron chi connectivity index (χ2n) is 0.940. The molecule has 0 radical (unpaired) electrons. The van der Waals surface area contributed by atoms with E-state index in [0.717, 1.165) is 0 Å². The van der Waals surface area contributed by atoms with Crippen LogP contribution in [0.2, 0.25) is 0 Å². The molecule has 46 valence electrons. The zero-order valence-corrected chi connectivity index (χ0v) is 4.01. The second-order valence-corrected chi connectivity index (χ2v) is 0.940. The normalized spacial score (nSPS) is 5.89. The molecule has 0 atom stereocenters. The molecule has 0 heterocycles. The molecular weight excluding hydrogens is 175 g/mol. The fourth-order valence-corrected chi connectivity index (χ4v) is 0.137. The zero-order valence-electron chi connectivity index (χ0n) is 4.01. The van der Waals surface area contributed by atoms with Crippen molar-refractivity contribution in [2.24, 2.45) is 0 Å². The summed E-state index contributed by atoms with van der Waals surface area (Å²) in [5.74, 6) is -0.491. The van der Waals surface area contributed by atoms with Gasteiger partial charge >= 0.3 is 102 Å². The SMILES string of the molecule is CCC(=O)OC=O.[CaH2].[KH]. The third-order valence-corrected chi connectivity index (χ3v) is 0.468. The van der Waals surface area contributed by atoms with Crippen LogP contribution in [0.25, 0.3) is 0 Å². The van der Waals surface area contributed by atoms with Gasteiger partial charge in [-0.15, -0.1) is 0 Å². The van der Waals surface area contributed by atoms with Crippen molar-refractivity contribution < 1.29 is 14.3 Å². The van der Waals surface area contributed by atoms with Crippen molar-refractivity contribution >= 4 is 102 Å². The minimum absolute atomic E-state index is 0. The number of ether oxygens (including phenoxy) is 1. The molecular formula is C4H9CaKO3. The summed E-state index contributed by atoms with van der Waals surface area (Å²) in [5.41, 5.74) is 0.